The Bertz CT molecular complexity index is 866. The van der Waals surface area contributed by atoms with Gasteiger partial charge in [-0.15, -0.1) is 0 Å². The summed E-state index contributed by atoms with van der Waals surface area (Å²) in [7, 11) is 3.99. The first-order valence-corrected chi connectivity index (χ1v) is 10.1. The maximum Gasteiger partial charge on any atom is 0.257 e. The van der Waals surface area contributed by atoms with Gasteiger partial charge in [-0.05, 0) is 62.8 Å². The van der Waals surface area contributed by atoms with Crippen LogP contribution in [0, 0.1) is 17.6 Å². The van der Waals surface area contributed by atoms with E-state index in [1.165, 1.54) is 6.07 Å². The zero-order valence-electron chi connectivity index (χ0n) is 18.2. The number of anilines is 1. The number of carbonyl (C=O) groups excluding carboxylic acids is 2. The van der Waals surface area contributed by atoms with Gasteiger partial charge in [-0.3, -0.25) is 9.59 Å². The average molecular weight is 433 g/mol. The highest BCUT2D eigenvalue weighted by molar-refractivity contribution is 6.01. The minimum Gasteiger partial charge on any atom is -0.494 e. The molecule has 0 fully saturated rings. The van der Waals surface area contributed by atoms with E-state index in [4.69, 9.17) is 4.74 Å². The van der Waals surface area contributed by atoms with Gasteiger partial charge in [0.1, 0.15) is 29.0 Å². The van der Waals surface area contributed by atoms with Gasteiger partial charge in [0.2, 0.25) is 5.91 Å². The number of rotatable bonds is 10. The van der Waals surface area contributed by atoms with Gasteiger partial charge in [0.05, 0.1) is 6.61 Å². The maximum absolute atomic E-state index is 13.9. The molecule has 8 heteroatoms. The number of benzene rings is 2. The van der Waals surface area contributed by atoms with E-state index in [9.17, 15) is 18.4 Å². The van der Waals surface area contributed by atoms with Crippen LogP contribution in [0.25, 0.3) is 0 Å². The molecule has 6 nitrogen and oxygen atoms in total. The molecule has 0 aliphatic heterocycles. The van der Waals surface area contributed by atoms with Crippen LogP contribution in [0.4, 0.5) is 14.5 Å². The molecule has 168 valence electrons. The first-order valence-electron chi connectivity index (χ1n) is 10.1. The summed E-state index contributed by atoms with van der Waals surface area (Å²) in [5, 5.41) is 5.15. The quantitative estimate of drug-likeness (QED) is 0.561. The van der Waals surface area contributed by atoms with Crippen LogP contribution in [-0.4, -0.2) is 50.0 Å². The Morgan fingerprint density at radius 2 is 1.65 bits per heavy atom. The Kier molecular flexibility index (Phi) is 8.93. The van der Waals surface area contributed by atoms with E-state index in [0.717, 1.165) is 25.1 Å². The number of carbonyl (C=O) groups is 2. The molecule has 0 heterocycles. The molecular weight excluding hydrogens is 404 g/mol. The standard InChI is InChI=1S/C23H29F2N3O3/c1-15(2)21(27-22(29)20-18(24)7-5-8-19(20)25)23(30)26-16-9-11-17(12-10-16)31-14-6-13-28(3)4/h5,7-12,15,21H,6,13-14H2,1-4H3,(H,26,30)(H,27,29). The zero-order valence-corrected chi connectivity index (χ0v) is 18.2. The molecule has 0 spiro atoms. The number of hydrogen-bond donors (Lipinski definition) is 2. The summed E-state index contributed by atoms with van der Waals surface area (Å²) in [5.41, 5.74) is -0.195. The van der Waals surface area contributed by atoms with Gasteiger partial charge in [0.25, 0.3) is 5.91 Å². The first kappa shape index (κ1) is 24.3. The molecule has 0 aliphatic rings. The predicted octanol–water partition coefficient (Wildman–Crippen LogP) is 3.69. The van der Waals surface area contributed by atoms with Gasteiger partial charge in [0, 0.05) is 12.2 Å². The largest absolute Gasteiger partial charge is 0.494 e. The van der Waals surface area contributed by atoms with Gasteiger partial charge in [0.15, 0.2) is 0 Å². The smallest absolute Gasteiger partial charge is 0.257 e. The van der Waals surface area contributed by atoms with Crippen molar-refractivity contribution in [2.24, 2.45) is 5.92 Å². The minimum atomic E-state index is -0.985. The molecule has 0 radical (unpaired) electrons. The topological polar surface area (TPSA) is 70.7 Å². The Morgan fingerprint density at radius 1 is 1.03 bits per heavy atom. The number of amides is 2. The van der Waals surface area contributed by atoms with Gasteiger partial charge >= 0.3 is 0 Å². The molecule has 1 atom stereocenters. The molecule has 0 saturated carbocycles. The van der Waals surface area contributed by atoms with Gasteiger partial charge in [-0.25, -0.2) is 8.78 Å². The van der Waals surface area contributed by atoms with Crippen LogP contribution >= 0.6 is 0 Å². The summed E-state index contributed by atoms with van der Waals surface area (Å²) in [6.45, 7) is 4.96. The summed E-state index contributed by atoms with van der Waals surface area (Å²) < 4.78 is 33.4. The molecular formula is C23H29F2N3O3. The van der Waals surface area contributed by atoms with Crippen molar-refractivity contribution >= 4 is 17.5 Å². The molecule has 2 aromatic carbocycles. The van der Waals surface area contributed by atoms with E-state index in [1.54, 1.807) is 38.1 Å². The molecule has 0 aromatic heterocycles. The maximum atomic E-state index is 13.9. The van der Waals surface area contributed by atoms with Crippen LogP contribution in [0.5, 0.6) is 5.75 Å². The number of hydrogen-bond acceptors (Lipinski definition) is 4. The lowest BCUT2D eigenvalue weighted by atomic mass is 10.0. The third kappa shape index (κ3) is 7.32. The summed E-state index contributed by atoms with van der Waals surface area (Å²) in [4.78, 5) is 27.2. The van der Waals surface area contributed by atoms with Crippen molar-refractivity contribution < 1.29 is 23.1 Å². The Morgan fingerprint density at radius 3 is 2.19 bits per heavy atom. The second kappa shape index (κ2) is 11.4. The molecule has 2 N–H and O–H groups in total. The van der Waals surface area contributed by atoms with Gasteiger partial charge in [-0.2, -0.15) is 0 Å². The summed E-state index contributed by atoms with van der Waals surface area (Å²) in [6.07, 6.45) is 0.893. The fourth-order valence-electron chi connectivity index (χ4n) is 2.89. The van der Waals surface area contributed by atoms with E-state index in [-0.39, 0.29) is 5.92 Å². The van der Waals surface area contributed by atoms with Crippen LogP contribution in [0.15, 0.2) is 42.5 Å². The van der Waals surface area contributed by atoms with Crippen molar-refractivity contribution in [3.05, 3.63) is 59.7 Å². The van der Waals surface area contributed by atoms with Crippen molar-refractivity contribution in [2.75, 3.05) is 32.6 Å². The number of ether oxygens (including phenoxy) is 1. The van der Waals surface area contributed by atoms with Crippen LogP contribution in [0.1, 0.15) is 30.6 Å². The lowest BCUT2D eigenvalue weighted by molar-refractivity contribution is -0.118. The summed E-state index contributed by atoms with van der Waals surface area (Å²) in [5.74, 6) is -3.06. The molecule has 1 unspecified atom stereocenters. The molecule has 0 aliphatic carbocycles. The number of halogens is 2. The lowest BCUT2D eigenvalue weighted by Crippen LogP contribution is -2.47. The zero-order chi connectivity index (χ0) is 23.0. The number of nitrogens with zero attached hydrogens (tertiary/aromatic N) is 1. The Hall–Kier alpha value is -3.00. The first-order chi connectivity index (χ1) is 14.7. The molecule has 2 aromatic rings. The van der Waals surface area contributed by atoms with Crippen molar-refractivity contribution in [1.29, 1.82) is 0 Å². The van der Waals surface area contributed by atoms with Crippen LogP contribution in [-0.2, 0) is 4.79 Å². The van der Waals surface area contributed by atoms with Gasteiger partial charge in [-0.1, -0.05) is 19.9 Å². The minimum absolute atomic E-state index is 0.307. The van der Waals surface area contributed by atoms with Crippen molar-refractivity contribution in [1.82, 2.24) is 10.2 Å². The van der Waals surface area contributed by atoms with E-state index < -0.39 is 35.1 Å². The van der Waals surface area contributed by atoms with Crippen molar-refractivity contribution in [2.45, 2.75) is 26.3 Å². The van der Waals surface area contributed by atoms with Crippen molar-refractivity contribution in [3.63, 3.8) is 0 Å². The fraction of sp³-hybridized carbons (Fsp3) is 0.391. The third-order valence-electron chi connectivity index (χ3n) is 4.57. The average Bonchev–Trinajstić information content (AvgIpc) is 2.70. The van der Waals surface area contributed by atoms with Crippen LogP contribution in [0.2, 0.25) is 0 Å². The monoisotopic (exact) mass is 433 g/mol. The molecule has 2 amide bonds. The highest BCUT2D eigenvalue weighted by Gasteiger charge is 2.27. The van der Waals surface area contributed by atoms with E-state index in [1.807, 2.05) is 14.1 Å². The highest BCUT2D eigenvalue weighted by Crippen LogP contribution is 2.18. The van der Waals surface area contributed by atoms with Gasteiger partial charge < -0.3 is 20.3 Å². The fourth-order valence-corrected chi connectivity index (χ4v) is 2.89. The van der Waals surface area contributed by atoms with Crippen LogP contribution in [0.3, 0.4) is 0 Å². The third-order valence-corrected chi connectivity index (χ3v) is 4.57. The molecule has 2 rings (SSSR count). The predicted molar refractivity (Wildman–Crippen MR) is 116 cm³/mol. The Labute approximate surface area is 181 Å². The summed E-state index contributed by atoms with van der Waals surface area (Å²) in [6, 6.07) is 9.03. The number of nitrogens with one attached hydrogen (secondary N) is 2. The van der Waals surface area contributed by atoms with E-state index >= 15 is 0 Å². The highest BCUT2D eigenvalue weighted by atomic mass is 19.1. The molecule has 0 bridgehead atoms. The Balaban J connectivity index is 1.98. The molecule has 31 heavy (non-hydrogen) atoms. The SMILES string of the molecule is CC(C)C(NC(=O)c1c(F)cccc1F)C(=O)Nc1ccc(OCCCN(C)C)cc1. The molecule has 0 saturated heterocycles. The normalized spacial score (nSPS) is 12.0. The van der Waals surface area contributed by atoms with E-state index in [2.05, 4.69) is 15.5 Å². The second-order valence-corrected chi connectivity index (χ2v) is 7.81. The van der Waals surface area contributed by atoms with Crippen LogP contribution < -0.4 is 15.4 Å². The lowest BCUT2D eigenvalue weighted by Gasteiger charge is -2.22. The summed E-state index contributed by atoms with van der Waals surface area (Å²) >= 11 is 0. The van der Waals surface area contributed by atoms with Crippen molar-refractivity contribution in [3.8, 4) is 5.75 Å². The second-order valence-electron chi connectivity index (χ2n) is 7.81. The van der Waals surface area contributed by atoms with E-state index in [0.29, 0.717) is 18.0 Å².